The van der Waals surface area contributed by atoms with E-state index in [-0.39, 0.29) is 7.43 Å². The first-order chi connectivity index (χ1) is 19.6. The molecule has 4 aromatic rings. The molecule has 0 fully saturated rings. The first-order valence-corrected chi connectivity index (χ1v) is 25.8. The SMILES string of the molecule is Brc1ccc(-c2ccc(Br)cc2)cc1.C=C[Si](C)(C)Cl.C=C[Si](C)(C)c1ccc(-c2ccc([Si](C)(C)C=C)cc2)cc1.[CH3-]. The van der Waals surface area contributed by atoms with Gasteiger partial charge in [-0.1, -0.05) is 171 Å². The van der Waals surface area contributed by atoms with Gasteiger partial charge in [-0.05, 0) is 46.5 Å². The van der Waals surface area contributed by atoms with Crippen LogP contribution in [0.15, 0.2) is 143 Å². The smallest absolute Gasteiger partial charge is 0.173 e. The Balaban J connectivity index is 0.000000376. The summed E-state index contributed by atoms with van der Waals surface area (Å²) in [6, 6.07) is 34.6. The summed E-state index contributed by atoms with van der Waals surface area (Å²) >= 11 is 12.6. The van der Waals surface area contributed by atoms with Crippen LogP contribution in [0.4, 0.5) is 0 Å². The molecule has 0 heterocycles. The molecule has 0 atom stereocenters. The van der Waals surface area contributed by atoms with E-state index in [9.17, 15) is 0 Å². The fourth-order valence-corrected chi connectivity index (χ4v) is 6.76. The second-order valence-corrected chi connectivity index (χ2v) is 28.9. The lowest BCUT2D eigenvalue weighted by Crippen LogP contribution is -2.39. The van der Waals surface area contributed by atoms with E-state index >= 15 is 0 Å². The molecular formula is C37H46Br2ClSi3-. The van der Waals surface area contributed by atoms with Crippen LogP contribution in [-0.2, 0) is 0 Å². The Kier molecular flexibility index (Phi) is 15.9. The van der Waals surface area contributed by atoms with Gasteiger partial charge in [0.2, 0.25) is 0 Å². The van der Waals surface area contributed by atoms with E-state index in [1.165, 1.54) is 32.6 Å². The molecule has 4 aromatic carbocycles. The first-order valence-electron chi connectivity index (χ1n) is 13.9. The summed E-state index contributed by atoms with van der Waals surface area (Å²) in [5.41, 5.74) is 11.2. The Labute approximate surface area is 286 Å². The lowest BCUT2D eigenvalue weighted by atomic mass is 10.1. The standard InChI is InChI=1S/C20H26Si2.C12H8Br2.C4H9ClSi.CH3/c1-7-21(3,4)19-13-9-17(10-14-19)18-11-15-20(16-12-18)22(5,6)8-2;13-11-5-1-9(2-6-11)10-3-7-12(14)8-4-10;1-4-6(2,3)5;/h7-16H,1-2H2,3-6H3;1-8H;4H,1H2,2-3H3;1H3/q;;;-1. The maximum absolute atomic E-state index is 5.74. The minimum Gasteiger partial charge on any atom is -0.358 e. The van der Waals surface area contributed by atoms with E-state index in [1.54, 1.807) is 0 Å². The van der Waals surface area contributed by atoms with Crippen molar-refractivity contribution >= 4 is 76.8 Å². The van der Waals surface area contributed by atoms with E-state index < -0.39 is 23.5 Å². The van der Waals surface area contributed by atoms with Crippen LogP contribution >= 0.6 is 42.9 Å². The lowest BCUT2D eigenvalue weighted by molar-refractivity contribution is 1.58. The maximum atomic E-state index is 5.74. The number of halogens is 3. The topological polar surface area (TPSA) is 0 Å². The van der Waals surface area contributed by atoms with E-state index in [0.717, 1.165) is 8.95 Å². The lowest BCUT2D eigenvalue weighted by Gasteiger charge is -2.19. The van der Waals surface area contributed by atoms with Crippen molar-refractivity contribution in [2.24, 2.45) is 0 Å². The van der Waals surface area contributed by atoms with Crippen LogP contribution in [0.1, 0.15) is 0 Å². The summed E-state index contributed by atoms with van der Waals surface area (Å²) in [5, 5.41) is 2.87. The molecule has 0 nitrogen and oxygen atoms in total. The number of hydrogen-bond acceptors (Lipinski definition) is 0. The molecule has 0 aliphatic carbocycles. The van der Waals surface area contributed by atoms with Crippen LogP contribution in [0.3, 0.4) is 0 Å². The highest BCUT2D eigenvalue weighted by Crippen LogP contribution is 2.23. The van der Waals surface area contributed by atoms with Crippen LogP contribution in [-0.4, -0.2) is 23.5 Å². The molecule has 0 aromatic heterocycles. The molecule has 0 saturated carbocycles. The van der Waals surface area contributed by atoms with Gasteiger partial charge < -0.3 is 7.43 Å². The normalized spacial score (nSPS) is 11.0. The van der Waals surface area contributed by atoms with Crippen LogP contribution < -0.4 is 10.4 Å². The third-order valence-corrected chi connectivity index (χ3v) is 15.3. The molecular weight excluding hydrogens is 724 g/mol. The average molecular weight is 770 g/mol. The van der Waals surface area contributed by atoms with Crippen molar-refractivity contribution in [3.8, 4) is 22.3 Å². The van der Waals surface area contributed by atoms with Crippen molar-refractivity contribution < 1.29 is 0 Å². The molecule has 0 spiro atoms. The maximum Gasteiger partial charge on any atom is 0.173 e. The van der Waals surface area contributed by atoms with Crippen molar-refractivity contribution in [2.45, 2.75) is 39.3 Å². The summed E-state index contributed by atoms with van der Waals surface area (Å²) in [4.78, 5) is 0. The van der Waals surface area contributed by atoms with Gasteiger partial charge in [0, 0.05) is 8.95 Å². The summed E-state index contributed by atoms with van der Waals surface area (Å²) < 4.78 is 2.22. The first kappa shape index (κ1) is 39.0. The van der Waals surface area contributed by atoms with Crippen molar-refractivity contribution in [1.82, 2.24) is 0 Å². The van der Waals surface area contributed by atoms with Crippen molar-refractivity contribution in [1.29, 1.82) is 0 Å². The van der Waals surface area contributed by atoms with E-state index in [2.05, 4.69) is 186 Å². The fraction of sp³-hybridized carbons (Fsp3) is 0.162. The molecule has 0 amide bonds. The molecule has 0 aliphatic rings. The highest BCUT2D eigenvalue weighted by Gasteiger charge is 2.20. The van der Waals surface area contributed by atoms with Gasteiger partial charge in [-0.25, -0.2) is 0 Å². The van der Waals surface area contributed by atoms with E-state index in [1.807, 2.05) is 18.8 Å². The Bertz CT molecular complexity index is 1330. The van der Waals surface area contributed by atoms with E-state index in [4.69, 9.17) is 11.1 Å². The quantitative estimate of drug-likeness (QED) is 0.0998. The van der Waals surface area contributed by atoms with Crippen LogP contribution in [0.25, 0.3) is 22.3 Å². The van der Waals surface area contributed by atoms with Crippen molar-refractivity contribution in [3.63, 3.8) is 0 Å². The Morgan fingerprint density at radius 2 is 0.674 bits per heavy atom. The molecule has 43 heavy (non-hydrogen) atoms. The second kappa shape index (κ2) is 17.5. The zero-order valence-electron chi connectivity index (χ0n) is 26.7. The molecule has 0 aliphatic heterocycles. The molecule has 228 valence electrons. The number of rotatable bonds is 7. The largest absolute Gasteiger partial charge is 0.358 e. The molecule has 0 unspecified atom stereocenters. The highest BCUT2D eigenvalue weighted by molar-refractivity contribution is 9.10. The molecule has 4 rings (SSSR count). The molecule has 6 heteroatoms. The third kappa shape index (κ3) is 12.9. The Hall–Kier alpha value is -2.00. The zero-order valence-corrected chi connectivity index (χ0v) is 33.7. The van der Waals surface area contributed by atoms with Gasteiger partial charge >= 0.3 is 0 Å². The predicted octanol–water partition coefficient (Wildman–Crippen LogP) is 12.1. The van der Waals surface area contributed by atoms with E-state index in [0.29, 0.717) is 0 Å². The summed E-state index contributed by atoms with van der Waals surface area (Å²) in [7, 11) is -4.31. The predicted molar refractivity (Wildman–Crippen MR) is 214 cm³/mol. The third-order valence-electron chi connectivity index (χ3n) is 7.12. The molecule has 0 saturated heterocycles. The van der Waals surface area contributed by atoms with Crippen LogP contribution in [0, 0.1) is 7.43 Å². The van der Waals surface area contributed by atoms with Crippen molar-refractivity contribution in [3.05, 3.63) is 150 Å². The minimum atomic E-state index is -1.46. The van der Waals surface area contributed by atoms with Gasteiger partial charge in [-0.2, -0.15) is 11.1 Å². The highest BCUT2D eigenvalue weighted by atomic mass is 79.9. The number of benzene rings is 4. The van der Waals surface area contributed by atoms with Gasteiger partial charge in [0.1, 0.15) is 16.1 Å². The minimum absolute atomic E-state index is 0. The van der Waals surface area contributed by atoms with Gasteiger partial charge in [0.25, 0.3) is 0 Å². The fourth-order valence-electron chi connectivity index (χ4n) is 3.70. The summed E-state index contributed by atoms with van der Waals surface area (Å²) in [6.45, 7) is 24.9. The average Bonchev–Trinajstić information content (AvgIpc) is 2.98. The summed E-state index contributed by atoms with van der Waals surface area (Å²) in [6.07, 6.45) is 0. The van der Waals surface area contributed by atoms with Gasteiger partial charge in [0.05, 0.1) is 0 Å². The van der Waals surface area contributed by atoms with Crippen molar-refractivity contribution in [2.75, 3.05) is 0 Å². The summed E-state index contributed by atoms with van der Waals surface area (Å²) in [5.74, 6) is 0. The second-order valence-electron chi connectivity index (χ2n) is 11.8. The zero-order chi connectivity index (χ0) is 31.6. The molecule has 0 bridgehead atoms. The van der Waals surface area contributed by atoms with Gasteiger partial charge in [-0.15, -0.1) is 19.7 Å². The van der Waals surface area contributed by atoms with Crippen LogP contribution in [0.2, 0.25) is 39.3 Å². The van der Waals surface area contributed by atoms with Gasteiger partial charge in [0.15, 0.2) is 7.38 Å². The van der Waals surface area contributed by atoms with Crippen LogP contribution in [0.5, 0.6) is 0 Å². The Morgan fingerprint density at radius 1 is 0.465 bits per heavy atom. The van der Waals surface area contributed by atoms with Gasteiger partial charge in [-0.3, -0.25) is 0 Å². The number of hydrogen-bond donors (Lipinski definition) is 0. The Morgan fingerprint density at radius 3 is 0.860 bits per heavy atom. The molecule has 0 N–H and O–H groups in total. The monoisotopic (exact) mass is 767 g/mol. The molecule has 0 radical (unpaired) electrons.